The fourth-order valence-electron chi connectivity index (χ4n) is 6.17. The number of fused-ring (bicyclic) bond motifs is 6. The molecular weight excluding hydrogens is 640 g/mol. The van der Waals surface area contributed by atoms with Crippen molar-refractivity contribution in [3.05, 3.63) is 90.0 Å². The van der Waals surface area contributed by atoms with Crippen molar-refractivity contribution in [2.24, 2.45) is 0 Å². The minimum Gasteiger partial charge on any atom is -0.469 e. The second-order valence-electron chi connectivity index (χ2n) is 11.3. The lowest BCUT2D eigenvalue weighted by molar-refractivity contribution is -0.141. The van der Waals surface area contributed by atoms with E-state index in [-0.39, 0.29) is 17.7 Å². The van der Waals surface area contributed by atoms with Crippen molar-refractivity contribution in [3.8, 4) is 34.0 Å². The van der Waals surface area contributed by atoms with E-state index in [9.17, 15) is 18.2 Å². The van der Waals surface area contributed by atoms with Gasteiger partial charge in [-0.2, -0.15) is 0 Å². The second kappa shape index (κ2) is 11.9. The number of hydrogen-bond donors (Lipinski definition) is 2. The summed E-state index contributed by atoms with van der Waals surface area (Å²) in [5.74, 6) is -1.45. The molecule has 1 aliphatic heterocycles. The molecule has 7 rings (SSSR count). The number of nitrogens with one attached hydrogen (secondary N) is 2. The maximum Gasteiger partial charge on any atom is 0.309 e. The number of amides is 1. The van der Waals surface area contributed by atoms with Gasteiger partial charge in [0.25, 0.3) is 5.91 Å². The highest BCUT2D eigenvalue weighted by atomic mass is 32.2. The van der Waals surface area contributed by atoms with Crippen molar-refractivity contribution in [3.63, 3.8) is 0 Å². The highest BCUT2D eigenvalue weighted by Crippen LogP contribution is 2.45. The van der Waals surface area contributed by atoms with Crippen LogP contribution in [0.1, 0.15) is 22.9 Å². The number of carbonyl (C=O) groups excluding carboxylic acids is 2. The second-order valence-corrected chi connectivity index (χ2v) is 12.7. The van der Waals surface area contributed by atoms with E-state index in [0.29, 0.717) is 61.5 Å². The average Bonchev–Trinajstić information content (AvgIpc) is 3.67. The van der Waals surface area contributed by atoms with Gasteiger partial charge in [-0.15, -0.1) is 0 Å². The molecule has 10 nitrogen and oxygen atoms in total. The maximum atomic E-state index is 15.1. The number of carbonyl (C=O) groups is 2. The average molecular weight is 670 g/mol. The van der Waals surface area contributed by atoms with Crippen LogP contribution in [0.4, 0.5) is 20.2 Å². The van der Waals surface area contributed by atoms with Gasteiger partial charge in [0.15, 0.2) is 0 Å². The van der Waals surface area contributed by atoms with Gasteiger partial charge < -0.3 is 24.4 Å². The lowest BCUT2D eigenvalue weighted by Crippen LogP contribution is -2.26. The van der Waals surface area contributed by atoms with E-state index in [2.05, 4.69) is 10.6 Å². The highest BCUT2D eigenvalue weighted by Gasteiger charge is 2.31. The Morgan fingerprint density at radius 2 is 1.85 bits per heavy atom. The van der Waals surface area contributed by atoms with Crippen molar-refractivity contribution in [2.75, 3.05) is 37.1 Å². The number of rotatable bonds is 7. The molecule has 0 aliphatic carbocycles. The summed E-state index contributed by atoms with van der Waals surface area (Å²) in [5, 5.41) is 6.86. The molecule has 6 aromatic rings. The molecule has 2 N–H and O–H groups in total. The largest absolute Gasteiger partial charge is 0.469 e. The van der Waals surface area contributed by atoms with Crippen LogP contribution in [0.25, 0.3) is 55.8 Å². The zero-order valence-corrected chi connectivity index (χ0v) is 27.1. The van der Waals surface area contributed by atoms with Crippen molar-refractivity contribution >= 4 is 56.1 Å². The standard InChI is InChI=1S/C35H29F2N5O5S/c1-38-35(44)32-22-14-21(27(41(2)48(4)45)16-29(22)47-34(32)18-8-10-19(36)11-9-18)24-12-13-25-33(40-24)28-15-20-23(37)6-5-7-26(20)42(28)30(39-25)17-31(43)46-3/h5-16,30,39H,17H2,1-4H3,(H,38,44). The summed E-state index contributed by atoms with van der Waals surface area (Å²) in [5.41, 5.74) is 4.91. The van der Waals surface area contributed by atoms with Crippen LogP contribution < -0.4 is 14.9 Å². The van der Waals surface area contributed by atoms with E-state index >= 15 is 4.39 Å². The third-order valence-electron chi connectivity index (χ3n) is 8.56. The molecule has 48 heavy (non-hydrogen) atoms. The van der Waals surface area contributed by atoms with E-state index < -0.39 is 40.7 Å². The monoisotopic (exact) mass is 669 g/mol. The van der Waals surface area contributed by atoms with Gasteiger partial charge in [-0.25, -0.2) is 18.0 Å². The topological polar surface area (TPSA) is 119 Å². The maximum absolute atomic E-state index is 15.1. The highest BCUT2D eigenvalue weighted by molar-refractivity contribution is 7.85. The summed E-state index contributed by atoms with van der Waals surface area (Å²) in [4.78, 5) is 30.7. The first-order valence-corrected chi connectivity index (χ1v) is 16.4. The Labute approximate surface area is 275 Å². The first-order valence-electron chi connectivity index (χ1n) is 14.9. The lowest BCUT2D eigenvalue weighted by Gasteiger charge is -2.30. The number of anilines is 2. The van der Waals surface area contributed by atoms with E-state index in [1.54, 1.807) is 47.8 Å². The molecule has 2 atom stereocenters. The SMILES string of the molecule is CNC(=O)c1c(-c2ccc(F)cc2)oc2cc(N(C)S(C)=O)c(-c3ccc4c(n3)-c3cc5c(F)cccc5n3C(CC(=O)OC)N4)cc12. The Balaban J connectivity index is 1.46. The van der Waals surface area contributed by atoms with Crippen LogP contribution in [0.15, 0.2) is 77.2 Å². The van der Waals surface area contributed by atoms with Gasteiger partial charge in [0, 0.05) is 48.3 Å². The number of benzene rings is 3. The Kier molecular flexibility index (Phi) is 7.71. The minimum atomic E-state index is -1.46. The van der Waals surface area contributed by atoms with Gasteiger partial charge in [-0.3, -0.25) is 13.9 Å². The Morgan fingerprint density at radius 3 is 2.56 bits per heavy atom. The van der Waals surface area contributed by atoms with Crippen LogP contribution in [-0.2, 0) is 20.5 Å². The molecule has 0 saturated carbocycles. The van der Waals surface area contributed by atoms with Crippen molar-refractivity contribution in [2.45, 2.75) is 12.6 Å². The van der Waals surface area contributed by atoms with Gasteiger partial charge in [-0.05, 0) is 60.7 Å². The Morgan fingerprint density at radius 1 is 1.08 bits per heavy atom. The molecule has 4 heterocycles. The Bertz CT molecular complexity index is 2300. The molecule has 0 radical (unpaired) electrons. The number of aromatic nitrogens is 2. The fraction of sp³-hybridized carbons (Fsp3) is 0.171. The number of halogens is 2. The summed E-state index contributed by atoms with van der Waals surface area (Å²) in [7, 11) is 3.03. The molecule has 3 aromatic carbocycles. The van der Waals surface area contributed by atoms with Crippen LogP contribution in [0.5, 0.6) is 0 Å². The molecule has 0 spiro atoms. The molecule has 1 aliphatic rings. The third kappa shape index (κ3) is 5.07. The summed E-state index contributed by atoms with van der Waals surface area (Å²) in [6.45, 7) is 0. The van der Waals surface area contributed by atoms with Crippen molar-refractivity contribution in [1.29, 1.82) is 0 Å². The van der Waals surface area contributed by atoms with Crippen molar-refractivity contribution in [1.82, 2.24) is 14.9 Å². The quantitative estimate of drug-likeness (QED) is 0.183. The molecule has 0 fully saturated rings. The van der Waals surface area contributed by atoms with Gasteiger partial charge in [-0.1, -0.05) is 6.07 Å². The predicted octanol–water partition coefficient (Wildman–Crippen LogP) is 6.64. The zero-order chi connectivity index (χ0) is 33.9. The molecule has 3 aromatic heterocycles. The van der Waals surface area contributed by atoms with Crippen LogP contribution >= 0.6 is 0 Å². The molecule has 1 amide bonds. The summed E-state index contributed by atoms with van der Waals surface area (Å²) in [6.07, 6.45) is 0.950. The molecule has 13 heteroatoms. The van der Waals surface area contributed by atoms with E-state index in [1.165, 1.54) is 50.7 Å². The number of ether oxygens (including phenoxy) is 1. The van der Waals surface area contributed by atoms with Crippen molar-refractivity contribution < 1.29 is 31.7 Å². The minimum absolute atomic E-state index is 0.0158. The van der Waals surface area contributed by atoms with Crippen LogP contribution in [0, 0.1) is 11.6 Å². The Hall–Kier alpha value is -5.56. The van der Waals surface area contributed by atoms with Crippen LogP contribution in [0.2, 0.25) is 0 Å². The summed E-state index contributed by atoms with van der Waals surface area (Å²) in [6, 6.07) is 19.1. The normalized spacial score (nSPS) is 14.2. The molecule has 244 valence electrons. The number of hydrogen-bond acceptors (Lipinski definition) is 7. The van der Waals surface area contributed by atoms with E-state index in [1.807, 2.05) is 10.6 Å². The molecular formula is C35H29F2N5O5S. The first-order chi connectivity index (χ1) is 23.1. The third-order valence-corrected chi connectivity index (χ3v) is 9.53. The first kappa shape index (κ1) is 31.1. The predicted molar refractivity (Wildman–Crippen MR) is 181 cm³/mol. The summed E-state index contributed by atoms with van der Waals surface area (Å²) < 4.78 is 56.2. The van der Waals surface area contributed by atoms with E-state index in [4.69, 9.17) is 14.1 Å². The fourth-order valence-corrected chi connectivity index (χ4v) is 6.60. The van der Waals surface area contributed by atoms with E-state index in [0.717, 1.165) is 0 Å². The molecule has 0 bridgehead atoms. The number of pyridine rings is 1. The lowest BCUT2D eigenvalue weighted by atomic mass is 10.00. The van der Waals surface area contributed by atoms with Crippen LogP contribution in [0.3, 0.4) is 0 Å². The molecule has 0 saturated heterocycles. The molecule has 2 unspecified atom stereocenters. The number of furan rings is 1. The number of esters is 1. The number of nitrogens with zero attached hydrogens (tertiary/aromatic N) is 3. The van der Waals surface area contributed by atoms with Gasteiger partial charge in [0.2, 0.25) is 0 Å². The smallest absolute Gasteiger partial charge is 0.309 e. The number of methoxy groups -OCH3 is 1. The van der Waals surface area contributed by atoms with Gasteiger partial charge in [0.1, 0.15) is 45.8 Å². The van der Waals surface area contributed by atoms with Gasteiger partial charge in [0.05, 0.1) is 47.4 Å². The summed E-state index contributed by atoms with van der Waals surface area (Å²) >= 11 is 0. The van der Waals surface area contributed by atoms with Gasteiger partial charge >= 0.3 is 5.97 Å². The zero-order valence-electron chi connectivity index (χ0n) is 26.3. The van der Waals surface area contributed by atoms with Crippen LogP contribution in [-0.4, -0.2) is 53.1 Å².